The second-order valence-corrected chi connectivity index (χ2v) is 5.93. The van der Waals surface area contributed by atoms with Gasteiger partial charge >= 0.3 is 5.97 Å². The van der Waals surface area contributed by atoms with Gasteiger partial charge in [-0.25, -0.2) is 0 Å². The summed E-state index contributed by atoms with van der Waals surface area (Å²) in [7, 11) is 0. The number of carbonyl (C=O) groups excluding carboxylic acids is 1. The molecule has 3 atom stereocenters. The lowest BCUT2D eigenvalue weighted by Gasteiger charge is -2.32. The Morgan fingerprint density at radius 1 is 1.24 bits per heavy atom. The topological polar surface area (TPSA) is 66.8 Å². The molecule has 112 valence electrons. The normalized spacial score (nSPS) is 27.9. The van der Waals surface area contributed by atoms with Gasteiger partial charge in [0, 0.05) is 0 Å². The summed E-state index contributed by atoms with van der Waals surface area (Å²) < 4.78 is 5.55. The largest absolute Gasteiger partial charge is 0.490 e. The van der Waals surface area contributed by atoms with Crippen molar-refractivity contribution in [3.05, 3.63) is 24.3 Å². The van der Waals surface area contributed by atoms with Gasteiger partial charge in [0.05, 0.1) is 24.1 Å². The maximum absolute atomic E-state index is 12.8. The van der Waals surface area contributed by atoms with E-state index in [1.54, 1.807) is 4.90 Å². The molecule has 1 fully saturated rings. The van der Waals surface area contributed by atoms with Gasteiger partial charge in [-0.1, -0.05) is 19.1 Å². The summed E-state index contributed by atoms with van der Waals surface area (Å²) in [6.07, 6.45) is 1.23. The van der Waals surface area contributed by atoms with Crippen molar-refractivity contribution in [1.82, 2.24) is 0 Å². The molecule has 1 aromatic carbocycles. The molecule has 0 aromatic heterocycles. The molecule has 1 heterocycles. The van der Waals surface area contributed by atoms with E-state index in [2.05, 4.69) is 0 Å². The van der Waals surface area contributed by atoms with Crippen LogP contribution in [-0.2, 0) is 9.59 Å². The maximum Gasteiger partial charge on any atom is 0.307 e. The van der Waals surface area contributed by atoms with Crippen LogP contribution in [0.5, 0.6) is 5.75 Å². The van der Waals surface area contributed by atoms with Crippen LogP contribution >= 0.6 is 0 Å². The molecule has 21 heavy (non-hydrogen) atoms. The van der Waals surface area contributed by atoms with Crippen LogP contribution in [0.1, 0.15) is 19.8 Å². The first kappa shape index (κ1) is 13.9. The first-order valence-electron chi connectivity index (χ1n) is 7.34. The van der Waals surface area contributed by atoms with E-state index in [1.807, 2.05) is 31.2 Å². The number of nitrogens with zero attached hydrogens (tertiary/aromatic N) is 1. The standard InChI is InChI=1S/C16H19NO4/c1-10-8-11(12(9-10)16(19)20)15(18)17-6-7-21-14-5-3-2-4-13(14)17/h2-5,10-12H,6-9H2,1H3,(H,19,20)/t10?,11-,12+/m0/s1. The fourth-order valence-corrected chi connectivity index (χ4v) is 3.44. The minimum atomic E-state index is -0.862. The Labute approximate surface area is 123 Å². The Morgan fingerprint density at radius 2 is 1.95 bits per heavy atom. The second-order valence-electron chi connectivity index (χ2n) is 5.93. The molecule has 3 rings (SSSR count). The molecule has 1 saturated carbocycles. The van der Waals surface area contributed by atoms with Gasteiger partial charge in [0.15, 0.2) is 0 Å². The van der Waals surface area contributed by atoms with E-state index in [0.29, 0.717) is 31.7 Å². The zero-order valence-corrected chi connectivity index (χ0v) is 12.0. The monoisotopic (exact) mass is 289 g/mol. The molecule has 1 N–H and O–H groups in total. The minimum absolute atomic E-state index is 0.0810. The molecule has 5 nitrogen and oxygen atoms in total. The van der Waals surface area contributed by atoms with E-state index in [4.69, 9.17) is 4.74 Å². The zero-order valence-electron chi connectivity index (χ0n) is 12.0. The smallest absolute Gasteiger partial charge is 0.307 e. The average molecular weight is 289 g/mol. The van der Waals surface area contributed by atoms with Gasteiger partial charge in [-0.3, -0.25) is 9.59 Å². The number of hydrogen-bond acceptors (Lipinski definition) is 3. The van der Waals surface area contributed by atoms with Crippen molar-refractivity contribution in [3.8, 4) is 5.75 Å². The van der Waals surface area contributed by atoms with Gasteiger partial charge in [0.25, 0.3) is 0 Å². The van der Waals surface area contributed by atoms with Crippen molar-refractivity contribution in [3.63, 3.8) is 0 Å². The number of carbonyl (C=O) groups is 2. The van der Waals surface area contributed by atoms with Gasteiger partial charge in [0.2, 0.25) is 5.91 Å². The molecular formula is C16H19NO4. The highest BCUT2D eigenvalue weighted by Gasteiger charge is 2.43. The van der Waals surface area contributed by atoms with Gasteiger partial charge < -0.3 is 14.7 Å². The number of aliphatic carboxylic acids is 1. The third-order valence-electron chi connectivity index (χ3n) is 4.43. The summed E-state index contributed by atoms with van der Waals surface area (Å²) in [6, 6.07) is 7.41. The Morgan fingerprint density at radius 3 is 2.71 bits per heavy atom. The fraction of sp³-hybridized carbons (Fsp3) is 0.500. The summed E-state index contributed by atoms with van der Waals surface area (Å²) in [5.41, 5.74) is 0.748. The number of carboxylic acids is 1. The van der Waals surface area contributed by atoms with Crippen molar-refractivity contribution < 1.29 is 19.4 Å². The quantitative estimate of drug-likeness (QED) is 0.906. The lowest BCUT2D eigenvalue weighted by molar-refractivity contribution is -0.145. The first-order chi connectivity index (χ1) is 10.1. The van der Waals surface area contributed by atoms with Crippen molar-refractivity contribution in [2.45, 2.75) is 19.8 Å². The number of para-hydroxylation sites is 2. The number of amides is 1. The van der Waals surface area contributed by atoms with Crippen molar-refractivity contribution in [2.24, 2.45) is 17.8 Å². The number of ether oxygens (including phenoxy) is 1. The average Bonchev–Trinajstić information content (AvgIpc) is 2.88. The summed E-state index contributed by atoms with van der Waals surface area (Å²) in [5, 5.41) is 9.35. The molecule has 1 aromatic rings. The molecule has 1 aliphatic carbocycles. The molecule has 0 bridgehead atoms. The Balaban J connectivity index is 1.87. The highest BCUT2D eigenvalue weighted by Crippen LogP contribution is 2.40. The lowest BCUT2D eigenvalue weighted by atomic mass is 9.94. The number of hydrogen-bond donors (Lipinski definition) is 1. The van der Waals surface area contributed by atoms with Gasteiger partial charge in [-0.2, -0.15) is 0 Å². The molecule has 2 aliphatic rings. The number of rotatable bonds is 2. The minimum Gasteiger partial charge on any atom is -0.490 e. The number of benzene rings is 1. The number of carboxylic acid groups (broad SMARTS) is 1. The fourth-order valence-electron chi connectivity index (χ4n) is 3.44. The molecular weight excluding hydrogens is 270 g/mol. The van der Waals surface area contributed by atoms with Crippen molar-refractivity contribution >= 4 is 17.6 Å². The van der Waals surface area contributed by atoms with Crippen LogP contribution in [0, 0.1) is 17.8 Å². The molecule has 1 unspecified atom stereocenters. The van der Waals surface area contributed by atoms with E-state index >= 15 is 0 Å². The van der Waals surface area contributed by atoms with E-state index in [-0.39, 0.29) is 11.8 Å². The van der Waals surface area contributed by atoms with Crippen LogP contribution in [0.25, 0.3) is 0 Å². The summed E-state index contributed by atoms with van der Waals surface area (Å²) in [6.45, 7) is 2.94. The molecule has 1 amide bonds. The van der Waals surface area contributed by atoms with E-state index in [9.17, 15) is 14.7 Å². The second kappa shape index (κ2) is 5.39. The molecule has 0 saturated heterocycles. The highest BCUT2D eigenvalue weighted by atomic mass is 16.5. The summed E-state index contributed by atoms with van der Waals surface area (Å²) in [4.78, 5) is 25.9. The summed E-state index contributed by atoms with van der Waals surface area (Å²) >= 11 is 0. The summed E-state index contributed by atoms with van der Waals surface area (Å²) in [5.74, 6) is -0.973. The first-order valence-corrected chi connectivity index (χ1v) is 7.34. The molecule has 0 spiro atoms. The van der Waals surface area contributed by atoms with Crippen LogP contribution < -0.4 is 9.64 Å². The van der Waals surface area contributed by atoms with E-state index in [1.165, 1.54) is 0 Å². The van der Waals surface area contributed by atoms with Crippen LogP contribution in [0.4, 0.5) is 5.69 Å². The molecule has 5 heteroatoms. The van der Waals surface area contributed by atoms with Crippen molar-refractivity contribution in [1.29, 1.82) is 0 Å². The number of fused-ring (bicyclic) bond motifs is 1. The van der Waals surface area contributed by atoms with Gasteiger partial charge in [-0.15, -0.1) is 0 Å². The third-order valence-corrected chi connectivity index (χ3v) is 4.43. The highest BCUT2D eigenvalue weighted by molar-refractivity contribution is 5.99. The zero-order chi connectivity index (χ0) is 15.0. The molecule has 0 radical (unpaired) electrons. The van der Waals surface area contributed by atoms with Crippen molar-refractivity contribution in [2.75, 3.05) is 18.1 Å². The van der Waals surface area contributed by atoms with E-state index in [0.717, 1.165) is 5.69 Å². The Bertz CT molecular complexity index is 571. The van der Waals surface area contributed by atoms with Crippen LogP contribution in [0.2, 0.25) is 0 Å². The van der Waals surface area contributed by atoms with Crippen LogP contribution in [0.15, 0.2) is 24.3 Å². The van der Waals surface area contributed by atoms with Crippen LogP contribution in [-0.4, -0.2) is 30.1 Å². The number of anilines is 1. The third kappa shape index (κ3) is 2.48. The lowest BCUT2D eigenvalue weighted by Crippen LogP contribution is -2.43. The predicted molar refractivity (Wildman–Crippen MR) is 77.3 cm³/mol. The molecule has 1 aliphatic heterocycles. The Kier molecular flexibility index (Phi) is 3.57. The van der Waals surface area contributed by atoms with Crippen LogP contribution in [0.3, 0.4) is 0 Å². The van der Waals surface area contributed by atoms with E-state index < -0.39 is 17.8 Å². The predicted octanol–water partition coefficient (Wildman–Crippen LogP) is 2.16. The Hall–Kier alpha value is -2.04. The van der Waals surface area contributed by atoms with Gasteiger partial charge in [-0.05, 0) is 30.9 Å². The van der Waals surface area contributed by atoms with Gasteiger partial charge in [0.1, 0.15) is 12.4 Å². The SMILES string of the molecule is CC1C[C@H](C(=O)N2CCOc3ccccc32)[C@H](C(=O)O)C1. The maximum atomic E-state index is 12.8.